The Morgan fingerprint density at radius 2 is 1.44 bits per heavy atom. The van der Waals surface area contributed by atoms with Crippen LogP contribution in [0.1, 0.15) is 126 Å². The molecule has 9 nitrogen and oxygen atoms in total. The van der Waals surface area contributed by atoms with Gasteiger partial charge in [0.05, 0.1) is 17.5 Å². The van der Waals surface area contributed by atoms with Crippen molar-refractivity contribution in [2.75, 3.05) is 0 Å². The predicted molar refractivity (Wildman–Crippen MR) is 188 cm³/mol. The predicted octanol–water partition coefficient (Wildman–Crippen LogP) is 7.74. The third kappa shape index (κ3) is 15.1. The molecule has 2 aromatic carbocycles. The summed E-state index contributed by atoms with van der Waals surface area (Å²) in [6.07, 6.45) is 14.7. The Labute approximate surface area is 285 Å². The summed E-state index contributed by atoms with van der Waals surface area (Å²) in [5, 5.41) is 3.57. The number of hydrogen-bond donors (Lipinski definition) is 2. The van der Waals surface area contributed by atoms with Gasteiger partial charge in [-0.1, -0.05) is 120 Å². The Kier molecular flexibility index (Phi) is 17.8. The van der Waals surface area contributed by atoms with E-state index in [1.165, 1.54) is 57.6 Å². The highest BCUT2D eigenvalue weighted by atomic mass is 16.5. The van der Waals surface area contributed by atoms with E-state index >= 15 is 0 Å². The number of hydrogen-bond acceptors (Lipinski definition) is 7. The molecule has 260 valence electrons. The average molecular weight is 660 g/mol. The minimum atomic E-state index is -1.04. The Balaban J connectivity index is 1.54. The Morgan fingerprint density at radius 3 is 2.12 bits per heavy atom. The number of ether oxygens (including phenoxy) is 2. The molecule has 3 aromatic rings. The molecule has 0 saturated heterocycles. The topological polar surface area (TPSA) is 138 Å². The molecule has 0 aliphatic heterocycles. The van der Waals surface area contributed by atoms with Crippen LogP contribution in [0.15, 0.2) is 66.9 Å². The molecule has 0 saturated carbocycles. The van der Waals surface area contributed by atoms with E-state index in [1.807, 2.05) is 54.6 Å². The van der Waals surface area contributed by atoms with Gasteiger partial charge in [-0.05, 0) is 43.4 Å². The highest BCUT2D eigenvalue weighted by Crippen LogP contribution is 2.18. The van der Waals surface area contributed by atoms with Crippen LogP contribution in [0, 0.1) is 0 Å². The van der Waals surface area contributed by atoms with Crippen molar-refractivity contribution in [3.8, 4) is 0 Å². The second-order valence-electron chi connectivity index (χ2n) is 12.5. The summed E-state index contributed by atoms with van der Waals surface area (Å²) in [4.78, 5) is 55.4. The number of fused-ring (bicyclic) bond motifs is 1. The van der Waals surface area contributed by atoms with Crippen LogP contribution in [0.3, 0.4) is 0 Å². The van der Waals surface area contributed by atoms with E-state index in [-0.39, 0.29) is 32.3 Å². The number of aromatic nitrogens is 1. The zero-order valence-electron chi connectivity index (χ0n) is 28.5. The lowest BCUT2D eigenvalue weighted by atomic mass is 10.0. The second-order valence-corrected chi connectivity index (χ2v) is 12.5. The number of nitrogens with zero attached hydrogens (tertiary/aromatic N) is 1. The maximum absolute atomic E-state index is 13.5. The maximum atomic E-state index is 13.5. The van der Waals surface area contributed by atoms with Crippen molar-refractivity contribution in [2.45, 2.75) is 128 Å². The van der Waals surface area contributed by atoms with E-state index in [1.54, 1.807) is 6.07 Å². The zero-order valence-corrected chi connectivity index (χ0v) is 28.5. The number of esters is 2. The van der Waals surface area contributed by atoms with E-state index in [4.69, 9.17) is 15.2 Å². The molecule has 48 heavy (non-hydrogen) atoms. The number of primary amides is 1. The Bertz CT molecular complexity index is 1410. The average Bonchev–Trinajstić information content (AvgIpc) is 3.09. The number of unbranched alkanes of at least 4 members (excludes halogenated alkanes) is 10. The molecule has 0 aliphatic rings. The summed E-state index contributed by atoms with van der Waals surface area (Å²) >= 11 is 0. The van der Waals surface area contributed by atoms with Gasteiger partial charge in [0.25, 0.3) is 5.91 Å². The van der Waals surface area contributed by atoms with Gasteiger partial charge in [0.1, 0.15) is 18.8 Å². The molecular formula is C39H53N3O6. The lowest BCUT2D eigenvalue weighted by Gasteiger charge is -2.22. The number of carbonyl (C=O) groups is 4. The maximum Gasteiger partial charge on any atom is 0.328 e. The van der Waals surface area contributed by atoms with Crippen LogP contribution in [-0.4, -0.2) is 40.9 Å². The number of carbonyl (C=O) groups excluding carboxylic acids is 4. The molecular weight excluding hydrogens is 606 g/mol. The summed E-state index contributed by atoms with van der Waals surface area (Å²) in [5.41, 5.74) is 7.42. The summed E-state index contributed by atoms with van der Waals surface area (Å²) in [5.74, 6) is -2.11. The van der Waals surface area contributed by atoms with Crippen LogP contribution < -0.4 is 11.1 Å². The summed E-state index contributed by atoms with van der Waals surface area (Å²) < 4.78 is 11.2. The molecule has 1 aromatic heterocycles. The third-order valence-electron chi connectivity index (χ3n) is 8.40. The molecule has 0 radical (unpaired) electrons. The second kappa shape index (κ2) is 22.3. The van der Waals surface area contributed by atoms with Gasteiger partial charge in [-0.3, -0.25) is 19.4 Å². The molecule has 0 aliphatic carbocycles. The van der Waals surface area contributed by atoms with Crippen molar-refractivity contribution in [1.82, 2.24) is 10.3 Å². The van der Waals surface area contributed by atoms with E-state index in [0.717, 1.165) is 35.7 Å². The van der Waals surface area contributed by atoms with Gasteiger partial charge in [0.15, 0.2) is 0 Å². The number of pyridine rings is 1. The fourth-order valence-electron chi connectivity index (χ4n) is 5.66. The standard InChI is InChI=1S/C39H53N3O6/c1-2-3-4-5-6-7-8-9-10-11-15-22-33(27-36(40)43)48-39(46)35(24-18-25-37(44)47-29-30-19-13-12-14-20-30)42-38(45)32-26-31-21-16-17-23-34(31)41-28-32/h12-14,16-17,19-21,23,26,28,33,35H,2-11,15,18,22,24-25,27,29H2,1H3,(H2,40,43)(H,42,45)/t33-,35-/m0/s1. The molecule has 0 bridgehead atoms. The molecule has 3 N–H and O–H groups in total. The van der Waals surface area contributed by atoms with Crippen molar-refractivity contribution in [2.24, 2.45) is 5.73 Å². The minimum Gasteiger partial charge on any atom is -0.461 e. The van der Waals surface area contributed by atoms with Crippen LogP contribution in [0.5, 0.6) is 0 Å². The molecule has 0 spiro atoms. The SMILES string of the molecule is CCCCCCCCCCCCC[C@@H](CC(N)=O)OC(=O)[C@H](CCCC(=O)OCc1ccccc1)NC(=O)c1cnc2ccccc2c1. The van der Waals surface area contributed by atoms with Crippen molar-refractivity contribution in [3.05, 3.63) is 78.0 Å². The first kappa shape index (κ1) is 38.2. The van der Waals surface area contributed by atoms with E-state index in [2.05, 4.69) is 17.2 Å². The molecule has 3 rings (SSSR count). The summed E-state index contributed by atoms with van der Waals surface area (Å²) in [7, 11) is 0. The van der Waals surface area contributed by atoms with Gasteiger partial charge in [-0.15, -0.1) is 0 Å². The molecule has 2 atom stereocenters. The van der Waals surface area contributed by atoms with Crippen LogP contribution >= 0.6 is 0 Å². The number of nitrogens with one attached hydrogen (secondary N) is 1. The van der Waals surface area contributed by atoms with E-state index < -0.39 is 35.9 Å². The van der Waals surface area contributed by atoms with E-state index in [0.29, 0.717) is 12.0 Å². The zero-order chi connectivity index (χ0) is 34.4. The number of amides is 2. The third-order valence-corrected chi connectivity index (χ3v) is 8.40. The lowest BCUT2D eigenvalue weighted by Crippen LogP contribution is -2.43. The van der Waals surface area contributed by atoms with Crippen molar-refractivity contribution in [1.29, 1.82) is 0 Å². The highest BCUT2D eigenvalue weighted by Gasteiger charge is 2.27. The number of benzene rings is 2. The lowest BCUT2D eigenvalue weighted by molar-refractivity contribution is -0.153. The van der Waals surface area contributed by atoms with Gasteiger partial charge >= 0.3 is 11.9 Å². The van der Waals surface area contributed by atoms with Crippen LogP contribution in [0.25, 0.3) is 10.9 Å². The Hall–Kier alpha value is -4.27. The van der Waals surface area contributed by atoms with Gasteiger partial charge in [-0.25, -0.2) is 4.79 Å². The first-order valence-corrected chi connectivity index (χ1v) is 17.7. The number of para-hydroxylation sites is 1. The highest BCUT2D eigenvalue weighted by molar-refractivity contribution is 5.99. The normalized spacial score (nSPS) is 12.3. The van der Waals surface area contributed by atoms with Crippen molar-refractivity contribution < 1.29 is 28.7 Å². The number of rotatable bonds is 24. The first-order valence-electron chi connectivity index (χ1n) is 17.7. The fourth-order valence-corrected chi connectivity index (χ4v) is 5.66. The fraction of sp³-hybridized carbons (Fsp3) is 0.513. The summed E-state index contributed by atoms with van der Waals surface area (Å²) in [6, 6.07) is 17.5. The van der Waals surface area contributed by atoms with Gasteiger partial charge in [0, 0.05) is 18.0 Å². The van der Waals surface area contributed by atoms with Crippen LogP contribution in [0.2, 0.25) is 0 Å². The summed E-state index contributed by atoms with van der Waals surface area (Å²) in [6.45, 7) is 2.39. The molecule has 1 heterocycles. The first-order chi connectivity index (χ1) is 23.4. The number of nitrogens with two attached hydrogens (primary N) is 1. The molecule has 0 fully saturated rings. The van der Waals surface area contributed by atoms with Crippen LogP contribution in [0.4, 0.5) is 0 Å². The monoisotopic (exact) mass is 659 g/mol. The molecule has 2 amide bonds. The van der Waals surface area contributed by atoms with Crippen LogP contribution in [-0.2, 0) is 30.5 Å². The Morgan fingerprint density at radius 1 is 0.792 bits per heavy atom. The quantitative estimate of drug-likeness (QED) is 0.0741. The molecule has 9 heteroatoms. The van der Waals surface area contributed by atoms with Gasteiger partial charge in [-0.2, -0.15) is 0 Å². The van der Waals surface area contributed by atoms with Gasteiger partial charge < -0.3 is 20.5 Å². The van der Waals surface area contributed by atoms with Gasteiger partial charge in [0.2, 0.25) is 5.91 Å². The smallest absolute Gasteiger partial charge is 0.328 e. The van der Waals surface area contributed by atoms with Crippen molar-refractivity contribution >= 4 is 34.7 Å². The van der Waals surface area contributed by atoms with E-state index in [9.17, 15) is 19.2 Å². The largest absolute Gasteiger partial charge is 0.461 e. The molecule has 0 unspecified atom stereocenters. The van der Waals surface area contributed by atoms with Crippen molar-refractivity contribution in [3.63, 3.8) is 0 Å². The minimum absolute atomic E-state index is 0.0630.